The topological polar surface area (TPSA) is 70.7 Å². The molecule has 5 nitrogen and oxygen atoms in total. The van der Waals surface area contributed by atoms with Gasteiger partial charge < -0.3 is 16.0 Å². The Morgan fingerprint density at radius 2 is 1.96 bits per heavy atom. The third kappa shape index (κ3) is 5.96. The van der Waals surface area contributed by atoms with Crippen molar-refractivity contribution in [3.63, 3.8) is 0 Å². The largest absolute Gasteiger partial charge is 0.370 e. The maximum Gasteiger partial charge on any atom is 0.227 e. The lowest BCUT2D eigenvalue weighted by molar-refractivity contribution is -0.119. The number of carbonyl (C=O) groups excluding carboxylic acids is 1. The number of guanidine groups is 1. The van der Waals surface area contributed by atoms with Gasteiger partial charge in [0.05, 0.1) is 6.54 Å². The molecule has 0 spiro atoms. The van der Waals surface area contributed by atoms with Gasteiger partial charge in [0.25, 0.3) is 0 Å². The molecule has 1 aromatic carbocycles. The van der Waals surface area contributed by atoms with Crippen molar-refractivity contribution in [2.24, 2.45) is 16.6 Å². The van der Waals surface area contributed by atoms with Crippen LogP contribution in [0.3, 0.4) is 0 Å². The zero-order valence-electron chi connectivity index (χ0n) is 14.6. The summed E-state index contributed by atoms with van der Waals surface area (Å²) in [4.78, 5) is 18.7. The monoisotopic (exact) mass is 444 g/mol. The number of hydrogen-bond donors (Lipinski definition) is 2. The molecule has 1 aliphatic carbocycles. The lowest BCUT2D eigenvalue weighted by Crippen LogP contribution is -2.37. The molecule has 0 aromatic heterocycles. The van der Waals surface area contributed by atoms with Crippen LogP contribution in [0.2, 0.25) is 0 Å². The molecular weight excluding hydrogens is 415 g/mol. The molecule has 0 unspecified atom stereocenters. The van der Waals surface area contributed by atoms with E-state index < -0.39 is 0 Å². The molecule has 1 amide bonds. The van der Waals surface area contributed by atoms with Crippen LogP contribution in [0.4, 0.5) is 5.69 Å². The van der Waals surface area contributed by atoms with E-state index in [-0.39, 0.29) is 35.8 Å². The van der Waals surface area contributed by atoms with E-state index in [0.29, 0.717) is 12.5 Å². The Balaban J connectivity index is 0.00000288. The zero-order chi connectivity index (χ0) is 16.7. The minimum absolute atomic E-state index is 0. The van der Waals surface area contributed by atoms with Crippen molar-refractivity contribution in [3.8, 4) is 0 Å². The first-order chi connectivity index (χ1) is 11.1. The second-order valence-corrected chi connectivity index (χ2v) is 6.02. The molecule has 1 aromatic rings. The Kier molecular flexibility index (Phi) is 9.10. The molecule has 1 saturated carbocycles. The summed E-state index contributed by atoms with van der Waals surface area (Å²) in [7, 11) is 0. The molecule has 6 heteroatoms. The Morgan fingerprint density at radius 1 is 1.29 bits per heavy atom. The second-order valence-electron chi connectivity index (χ2n) is 6.02. The molecule has 0 aliphatic heterocycles. The lowest BCUT2D eigenvalue weighted by Gasteiger charge is -2.19. The van der Waals surface area contributed by atoms with E-state index in [1.807, 2.05) is 29.2 Å². The number of carbonyl (C=O) groups is 1. The minimum Gasteiger partial charge on any atom is -0.370 e. The molecule has 1 fully saturated rings. The van der Waals surface area contributed by atoms with Gasteiger partial charge in [-0.15, -0.1) is 24.0 Å². The number of nitrogens with two attached hydrogens (primary N) is 1. The van der Waals surface area contributed by atoms with Gasteiger partial charge in [-0.2, -0.15) is 0 Å². The number of nitrogens with one attached hydrogen (secondary N) is 1. The number of anilines is 1. The van der Waals surface area contributed by atoms with Crippen molar-refractivity contribution in [2.75, 3.05) is 18.4 Å². The maximum absolute atomic E-state index is 12.2. The van der Waals surface area contributed by atoms with Crippen molar-refractivity contribution in [1.82, 2.24) is 4.90 Å². The van der Waals surface area contributed by atoms with Crippen LogP contribution in [-0.4, -0.2) is 29.9 Å². The average Bonchev–Trinajstić information content (AvgIpc) is 3.09. The fourth-order valence-corrected chi connectivity index (χ4v) is 3.00. The molecule has 0 radical (unpaired) electrons. The van der Waals surface area contributed by atoms with Gasteiger partial charge in [0.2, 0.25) is 5.91 Å². The Morgan fingerprint density at radius 3 is 2.58 bits per heavy atom. The summed E-state index contributed by atoms with van der Waals surface area (Å²) in [5.74, 6) is 0.885. The predicted octanol–water partition coefficient (Wildman–Crippen LogP) is 3.59. The third-order valence-corrected chi connectivity index (χ3v) is 4.43. The number of hydrogen-bond acceptors (Lipinski definition) is 2. The van der Waals surface area contributed by atoms with E-state index in [1.165, 1.54) is 0 Å². The van der Waals surface area contributed by atoms with Crippen molar-refractivity contribution >= 4 is 41.5 Å². The summed E-state index contributed by atoms with van der Waals surface area (Å²) in [6.45, 7) is 6.35. The predicted molar refractivity (Wildman–Crippen MR) is 111 cm³/mol. The van der Waals surface area contributed by atoms with Crippen LogP contribution in [0.5, 0.6) is 0 Å². The van der Waals surface area contributed by atoms with Crippen molar-refractivity contribution in [2.45, 2.75) is 46.1 Å². The van der Waals surface area contributed by atoms with Crippen LogP contribution >= 0.6 is 24.0 Å². The van der Waals surface area contributed by atoms with E-state index >= 15 is 0 Å². The van der Waals surface area contributed by atoms with E-state index in [4.69, 9.17) is 5.73 Å². The van der Waals surface area contributed by atoms with Crippen LogP contribution in [0, 0.1) is 5.92 Å². The minimum atomic E-state index is 0. The van der Waals surface area contributed by atoms with Crippen LogP contribution in [0.25, 0.3) is 0 Å². The zero-order valence-corrected chi connectivity index (χ0v) is 17.0. The van der Waals surface area contributed by atoms with Crippen LogP contribution in [0.1, 0.15) is 45.1 Å². The molecule has 0 heterocycles. The number of nitrogens with zero attached hydrogens (tertiary/aromatic N) is 2. The molecule has 2 rings (SSSR count). The molecule has 0 bridgehead atoms. The van der Waals surface area contributed by atoms with E-state index in [9.17, 15) is 4.79 Å². The van der Waals surface area contributed by atoms with Gasteiger partial charge in [0.15, 0.2) is 5.96 Å². The van der Waals surface area contributed by atoms with Gasteiger partial charge in [-0.3, -0.25) is 4.79 Å². The average molecular weight is 444 g/mol. The first-order valence-corrected chi connectivity index (χ1v) is 8.58. The third-order valence-electron chi connectivity index (χ3n) is 4.43. The SMILES string of the molecule is CCN(CC)C(N)=NCc1cccc(NC(=O)C2CCCC2)c1.I. The number of amides is 1. The number of rotatable bonds is 6. The normalized spacial score (nSPS) is 15.0. The van der Waals surface area contributed by atoms with Crippen LogP contribution < -0.4 is 11.1 Å². The van der Waals surface area contributed by atoms with Gasteiger partial charge in [-0.25, -0.2) is 4.99 Å². The van der Waals surface area contributed by atoms with Gasteiger partial charge in [-0.05, 0) is 44.4 Å². The highest BCUT2D eigenvalue weighted by atomic mass is 127. The smallest absolute Gasteiger partial charge is 0.227 e. The van der Waals surface area contributed by atoms with E-state index in [2.05, 4.69) is 24.2 Å². The molecule has 3 N–H and O–H groups in total. The summed E-state index contributed by atoms with van der Waals surface area (Å²) in [5.41, 5.74) is 7.88. The summed E-state index contributed by atoms with van der Waals surface area (Å²) >= 11 is 0. The van der Waals surface area contributed by atoms with E-state index in [1.54, 1.807) is 0 Å². The fourth-order valence-electron chi connectivity index (χ4n) is 3.00. The summed E-state index contributed by atoms with van der Waals surface area (Å²) < 4.78 is 0. The highest BCUT2D eigenvalue weighted by Crippen LogP contribution is 2.26. The molecular formula is C18H29IN4O. The second kappa shape index (κ2) is 10.5. The number of halogens is 1. The van der Waals surface area contributed by atoms with Crippen LogP contribution in [-0.2, 0) is 11.3 Å². The highest BCUT2D eigenvalue weighted by Gasteiger charge is 2.22. The fraction of sp³-hybridized carbons (Fsp3) is 0.556. The van der Waals surface area contributed by atoms with Gasteiger partial charge in [0, 0.05) is 24.7 Å². The standard InChI is InChI=1S/C18H28N4O.HI/c1-3-22(4-2)18(19)20-13-14-8-7-11-16(12-14)21-17(23)15-9-5-6-10-15;/h7-8,11-12,15H,3-6,9-10,13H2,1-2H3,(H2,19,20)(H,21,23);1H. The number of aliphatic imine (C=N–C) groups is 1. The Hall–Kier alpha value is -1.31. The van der Waals surface area contributed by atoms with Crippen molar-refractivity contribution in [1.29, 1.82) is 0 Å². The molecule has 0 saturated heterocycles. The maximum atomic E-state index is 12.2. The summed E-state index contributed by atoms with van der Waals surface area (Å²) in [6.07, 6.45) is 4.35. The highest BCUT2D eigenvalue weighted by molar-refractivity contribution is 14.0. The van der Waals surface area contributed by atoms with Gasteiger partial charge >= 0.3 is 0 Å². The Labute approximate surface area is 162 Å². The lowest BCUT2D eigenvalue weighted by atomic mass is 10.1. The van der Waals surface area contributed by atoms with Gasteiger partial charge in [0.1, 0.15) is 0 Å². The van der Waals surface area contributed by atoms with E-state index in [0.717, 1.165) is 50.0 Å². The summed E-state index contributed by atoms with van der Waals surface area (Å²) in [6, 6.07) is 7.85. The summed E-state index contributed by atoms with van der Waals surface area (Å²) in [5, 5.41) is 3.03. The first kappa shape index (κ1) is 20.7. The molecule has 134 valence electrons. The quantitative estimate of drug-likeness (QED) is 0.400. The van der Waals surface area contributed by atoms with Crippen molar-refractivity contribution in [3.05, 3.63) is 29.8 Å². The number of benzene rings is 1. The van der Waals surface area contributed by atoms with Crippen LogP contribution in [0.15, 0.2) is 29.3 Å². The van der Waals surface area contributed by atoms with Crippen molar-refractivity contribution < 1.29 is 4.79 Å². The molecule has 0 atom stereocenters. The molecule has 1 aliphatic rings. The first-order valence-electron chi connectivity index (χ1n) is 8.58. The Bertz CT molecular complexity index is 552. The van der Waals surface area contributed by atoms with Gasteiger partial charge in [-0.1, -0.05) is 25.0 Å². The molecule has 24 heavy (non-hydrogen) atoms.